The number of rotatable bonds is 4. The quantitative estimate of drug-likeness (QED) is 0.600. The largest absolute Gasteiger partial charge is 0.339 e. The Morgan fingerprint density at radius 3 is 2.28 bits per heavy atom. The van der Waals surface area contributed by atoms with Gasteiger partial charge in [-0.3, -0.25) is 4.79 Å². The van der Waals surface area contributed by atoms with Crippen LogP contribution in [-0.2, 0) is 6.42 Å². The molecule has 3 aromatic rings. The molecular formula is C24H26N4O. The van der Waals surface area contributed by atoms with E-state index in [0.717, 1.165) is 41.0 Å². The average molecular weight is 386 g/mol. The number of benzene rings is 2. The Morgan fingerprint density at radius 1 is 0.793 bits per heavy atom. The number of aryl methyl sites for hydroxylation is 5. The lowest BCUT2D eigenvalue weighted by molar-refractivity contribution is 0.0972. The lowest BCUT2D eigenvalue weighted by atomic mass is 9.95. The SMILES string of the molecule is Cc1cc(C)cc(Nc2nc(Nc3ccc(C)c(C)c3)nc3c2C(=O)CCC3)c1. The van der Waals surface area contributed by atoms with Crippen molar-refractivity contribution in [3.63, 3.8) is 0 Å². The molecule has 0 spiro atoms. The van der Waals surface area contributed by atoms with Gasteiger partial charge < -0.3 is 10.6 Å². The second-order valence-electron chi connectivity index (χ2n) is 7.92. The topological polar surface area (TPSA) is 66.9 Å². The fraction of sp³-hybridized carbons (Fsp3) is 0.292. The van der Waals surface area contributed by atoms with Gasteiger partial charge in [-0.05, 0) is 87.1 Å². The second-order valence-corrected chi connectivity index (χ2v) is 7.92. The molecule has 148 valence electrons. The molecule has 1 aliphatic carbocycles. The van der Waals surface area contributed by atoms with Crippen LogP contribution in [0, 0.1) is 27.7 Å². The standard InChI is InChI=1S/C24H26N4O/c1-14-10-15(2)12-19(11-14)25-23-22-20(6-5-7-21(22)29)27-24(28-23)26-18-9-8-16(3)17(4)13-18/h8-13H,5-7H2,1-4H3,(H2,25,26,27,28). The third-order valence-corrected chi connectivity index (χ3v) is 5.33. The van der Waals surface area contributed by atoms with Crippen LogP contribution in [0.25, 0.3) is 0 Å². The molecule has 5 heteroatoms. The van der Waals surface area contributed by atoms with Crippen molar-refractivity contribution in [2.24, 2.45) is 0 Å². The molecule has 0 aliphatic heterocycles. The van der Waals surface area contributed by atoms with Crippen molar-refractivity contribution < 1.29 is 4.79 Å². The summed E-state index contributed by atoms with van der Waals surface area (Å²) in [6.45, 7) is 8.29. The third-order valence-electron chi connectivity index (χ3n) is 5.33. The van der Waals surface area contributed by atoms with E-state index in [1.165, 1.54) is 11.1 Å². The molecular weight excluding hydrogens is 360 g/mol. The Bertz CT molecular complexity index is 1080. The van der Waals surface area contributed by atoms with Gasteiger partial charge in [-0.2, -0.15) is 4.98 Å². The molecule has 2 aromatic carbocycles. The number of anilines is 4. The van der Waals surface area contributed by atoms with Crippen molar-refractivity contribution in [3.8, 4) is 0 Å². The molecule has 0 radical (unpaired) electrons. The van der Waals surface area contributed by atoms with E-state index in [9.17, 15) is 4.79 Å². The molecule has 0 bridgehead atoms. The first-order chi connectivity index (χ1) is 13.9. The molecule has 0 amide bonds. The van der Waals surface area contributed by atoms with E-state index in [1.807, 2.05) is 6.07 Å². The average Bonchev–Trinajstić information content (AvgIpc) is 2.64. The maximum Gasteiger partial charge on any atom is 0.229 e. The van der Waals surface area contributed by atoms with Gasteiger partial charge in [-0.1, -0.05) is 12.1 Å². The van der Waals surface area contributed by atoms with E-state index in [1.54, 1.807) is 0 Å². The van der Waals surface area contributed by atoms with Crippen LogP contribution in [0.1, 0.15) is 51.1 Å². The zero-order valence-electron chi connectivity index (χ0n) is 17.4. The van der Waals surface area contributed by atoms with Crippen molar-refractivity contribution in [1.29, 1.82) is 0 Å². The smallest absolute Gasteiger partial charge is 0.229 e. The van der Waals surface area contributed by atoms with Crippen molar-refractivity contribution in [1.82, 2.24) is 9.97 Å². The summed E-state index contributed by atoms with van der Waals surface area (Å²) in [6.07, 6.45) is 2.16. The fourth-order valence-electron chi connectivity index (χ4n) is 3.80. The Balaban J connectivity index is 1.74. The molecule has 5 nitrogen and oxygen atoms in total. The zero-order valence-corrected chi connectivity index (χ0v) is 17.4. The highest BCUT2D eigenvalue weighted by atomic mass is 16.1. The summed E-state index contributed by atoms with van der Waals surface area (Å²) >= 11 is 0. The fourth-order valence-corrected chi connectivity index (χ4v) is 3.80. The summed E-state index contributed by atoms with van der Waals surface area (Å²) in [7, 11) is 0. The molecule has 4 rings (SSSR count). The molecule has 2 N–H and O–H groups in total. The first kappa shape index (κ1) is 19.1. The van der Waals surface area contributed by atoms with Crippen molar-refractivity contribution in [2.75, 3.05) is 10.6 Å². The highest BCUT2D eigenvalue weighted by molar-refractivity contribution is 6.03. The predicted octanol–water partition coefficient (Wildman–Crippen LogP) is 5.72. The summed E-state index contributed by atoms with van der Waals surface area (Å²) in [6, 6.07) is 12.4. The molecule has 0 unspecified atom stereocenters. The normalized spacial score (nSPS) is 13.2. The number of nitrogens with one attached hydrogen (secondary N) is 2. The lowest BCUT2D eigenvalue weighted by Gasteiger charge is -2.20. The number of carbonyl (C=O) groups excluding carboxylic acids is 1. The summed E-state index contributed by atoms with van der Waals surface area (Å²) in [5.41, 5.74) is 8.08. The number of ketones is 1. The summed E-state index contributed by atoms with van der Waals surface area (Å²) in [5, 5.41) is 6.69. The Labute approximate surface area is 171 Å². The van der Waals surface area contributed by atoms with Gasteiger partial charge in [0.15, 0.2) is 5.78 Å². The minimum Gasteiger partial charge on any atom is -0.339 e. The van der Waals surface area contributed by atoms with E-state index in [4.69, 9.17) is 0 Å². The molecule has 1 aromatic heterocycles. The zero-order chi connectivity index (χ0) is 20.5. The highest BCUT2D eigenvalue weighted by Gasteiger charge is 2.25. The third kappa shape index (κ3) is 4.14. The number of hydrogen-bond donors (Lipinski definition) is 2. The number of hydrogen-bond acceptors (Lipinski definition) is 5. The van der Waals surface area contributed by atoms with E-state index >= 15 is 0 Å². The summed E-state index contributed by atoms with van der Waals surface area (Å²) < 4.78 is 0. The van der Waals surface area contributed by atoms with Crippen LogP contribution in [0.3, 0.4) is 0 Å². The maximum absolute atomic E-state index is 12.6. The van der Waals surface area contributed by atoms with Crippen LogP contribution in [0.5, 0.6) is 0 Å². The molecule has 1 aliphatic rings. The van der Waals surface area contributed by atoms with Gasteiger partial charge in [0.05, 0.1) is 11.3 Å². The summed E-state index contributed by atoms with van der Waals surface area (Å²) in [5.74, 6) is 1.19. The van der Waals surface area contributed by atoms with E-state index < -0.39 is 0 Å². The van der Waals surface area contributed by atoms with E-state index in [0.29, 0.717) is 23.8 Å². The lowest BCUT2D eigenvalue weighted by Crippen LogP contribution is -2.18. The highest BCUT2D eigenvalue weighted by Crippen LogP contribution is 2.30. The first-order valence-corrected chi connectivity index (χ1v) is 10.0. The van der Waals surface area contributed by atoms with Gasteiger partial charge in [0.25, 0.3) is 0 Å². The van der Waals surface area contributed by atoms with Crippen molar-refractivity contribution in [3.05, 3.63) is 69.9 Å². The first-order valence-electron chi connectivity index (χ1n) is 10.0. The Hall–Kier alpha value is -3.21. The van der Waals surface area contributed by atoms with Gasteiger partial charge in [-0.15, -0.1) is 0 Å². The summed E-state index contributed by atoms with van der Waals surface area (Å²) in [4.78, 5) is 22.0. The van der Waals surface area contributed by atoms with Crippen LogP contribution in [-0.4, -0.2) is 15.8 Å². The molecule has 0 fully saturated rings. The molecule has 1 heterocycles. The Morgan fingerprint density at radius 2 is 1.55 bits per heavy atom. The van der Waals surface area contributed by atoms with Crippen LogP contribution >= 0.6 is 0 Å². The number of carbonyl (C=O) groups is 1. The maximum atomic E-state index is 12.6. The predicted molar refractivity (Wildman–Crippen MR) is 118 cm³/mol. The molecule has 0 atom stereocenters. The molecule has 0 saturated heterocycles. The van der Waals surface area contributed by atoms with Crippen LogP contribution in [0.15, 0.2) is 36.4 Å². The second kappa shape index (κ2) is 7.66. The van der Waals surface area contributed by atoms with E-state index in [-0.39, 0.29) is 5.78 Å². The number of Topliss-reactive ketones (excluding diaryl/α,β-unsaturated/α-hetero) is 1. The van der Waals surface area contributed by atoms with Crippen LogP contribution in [0.4, 0.5) is 23.1 Å². The van der Waals surface area contributed by atoms with Gasteiger partial charge in [-0.25, -0.2) is 4.98 Å². The minimum atomic E-state index is 0.107. The molecule has 29 heavy (non-hydrogen) atoms. The van der Waals surface area contributed by atoms with Crippen LogP contribution < -0.4 is 10.6 Å². The van der Waals surface area contributed by atoms with Gasteiger partial charge in [0.2, 0.25) is 5.95 Å². The molecule has 0 saturated carbocycles. The van der Waals surface area contributed by atoms with Crippen molar-refractivity contribution >= 4 is 28.9 Å². The Kier molecular flexibility index (Phi) is 5.05. The van der Waals surface area contributed by atoms with E-state index in [2.05, 4.69) is 78.6 Å². The van der Waals surface area contributed by atoms with Gasteiger partial charge in [0, 0.05) is 17.8 Å². The minimum absolute atomic E-state index is 0.107. The number of fused-ring (bicyclic) bond motifs is 1. The number of nitrogens with zero attached hydrogens (tertiary/aromatic N) is 2. The van der Waals surface area contributed by atoms with Gasteiger partial charge >= 0.3 is 0 Å². The van der Waals surface area contributed by atoms with Gasteiger partial charge in [0.1, 0.15) is 5.82 Å². The van der Waals surface area contributed by atoms with Crippen LogP contribution in [0.2, 0.25) is 0 Å². The monoisotopic (exact) mass is 386 g/mol. The number of aromatic nitrogens is 2. The van der Waals surface area contributed by atoms with Crippen molar-refractivity contribution in [2.45, 2.75) is 47.0 Å².